The molecular weight excluding hydrogens is 250 g/mol. The Bertz CT molecular complexity index is 408. The van der Waals surface area contributed by atoms with Crippen LogP contribution in [0.3, 0.4) is 0 Å². The van der Waals surface area contributed by atoms with Crippen molar-refractivity contribution >= 4 is 0 Å². The van der Waals surface area contributed by atoms with Crippen molar-refractivity contribution in [2.24, 2.45) is 5.92 Å². The van der Waals surface area contributed by atoms with E-state index in [0.717, 1.165) is 38.3 Å². The first-order chi connectivity index (χ1) is 9.86. The molecule has 0 spiro atoms. The van der Waals surface area contributed by atoms with Gasteiger partial charge in [-0.2, -0.15) is 0 Å². The Kier molecular flexibility index (Phi) is 4.58. The van der Waals surface area contributed by atoms with Crippen molar-refractivity contribution in [1.29, 1.82) is 0 Å². The van der Waals surface area contributed by atoms with Crippen LogP contribution in [0, 0.1) is 5.92 Å². The largest absolute Gasteiger partial charge is 0.490 e. The summed E-state index contributed by atoms with van der Waals surface area (Å²) in [4.78, 5) is 0. The Balaban J connectivity index is 1.68. The van der Waals surface area contributed by atoms with Gasteiger partial charge in [-0.1, -0.05) is 19.1 Å². The summed E-state index contributed by atoms with van der Waals surface area (Å²) in [5, 5.41) is 3.64. The molecule has 1 saturated heterocycles. The first kappa shape index (κ1) is 13.9. The van der Waals surface area contributed by atoms with Crippen LogP contribution in [-0.2, 0) is 4.74 Å². The quantitative estimate of drug-likeness (QED) is 0.864. The van der Waals surface area contributed by atoms with Crippen molar-refractivity contribution in [3.8, 4) is 5.75 Å². The molecule has 3 rings (SSSR count). The third-order valence-electron chi connectivity index (χ3n) is 4.23. The summed E-state index contributed by atoms with van der Waals surface area (Å²) < 4.78 is 11.3. The van der Waals surface area contributed by atoms with Crippen molar-refractivity contribution in [2.75, 3.05) is 19.8 Å². The second-order valence-electron chi connectivity index (χ2n) is 5.87. The van der Waals surface area contributed by atoms with E-state index in [-0.39, 0.29) is 0 Å². The summed E-state index contributed by atoms with van der Waals surface area (Å²) >= 11 is 0. The SMILES string of the molecule is CCNC(c1ccc(OC2CC2)cc1)C1CCOCC1. The van der Waals surface area contributed by atoms with E-state index in [4.69, 9.17) is 9.47 Å². The van der Waals surface area contributed by atoms with Gasteiger partial charge in [0.05, 0.1) is 6.10 Å². The van der Waals surface area contributed by atoms with Crippen molar-refractivity contribution < 1.29 is 9.47 Å². The number of benzene rings is 1. The van der Waals surface area contributed by atoms with E-state index < -0.39 is 0 Å². The molecule has 20 heavy (non-hydrogen) atoms. The molecule has 1 unspecified atom stereocenters. The van der Waals surface area contributed by atoms with Crippen LogP contribution in [0.5, 0.6) is 5.75 Å². The maximum Gasteiger partial charge on any atom is 0.119 e. The zero-order valence-electron chi connectivity index (χ0n) is 12.3. The molecule has 0 bridgehead atoms. The molecule has 1 saturated carbocycles. The van der Waals surface area contributed by atoms with Crippen molar-refractivity contribution in [2.45, 2.75) is 44.8 Å². The molecule has 0 aromatic heterocycles. The smallest absolute Gasteiger partial charge is 0.119 e. The monoisotopic (exact) mass is 275 g/mol. The van der Waals surface area contributed by atoms with Crippen LogP contribution in [-0.4, -0.2) is 25.9 Å². The molecule has 0 amide bonds. The van der Waals surface area contributed by atoms with Crippen molar-refractivity contribution in [3.05, 3.63) is 29.8 Å². The number of nitrogens with one attached hydrogen (secondary N) is 1. The highest BCUT2D eigenvalue weighted by Gasteiger charge is 2.26. The molecule has 1 aromatic carbocycles. The molecule has 1 N–H and O–H groups in total. The third-order valence-corrected chi connectivity index (χ3v) is 4.23. The Labute approximate surface area is 121 Å². The van der Waals surface area contributed by atoms with Gasteiger partial charge in [-0.25, -0.2) is 0 Å². The molecule has 3 heteroatoms. The van der Waals surface area contributed by atoms with E-state index in [1.165, 1.54) is 18.4 Å². The maximum absolute atomic E-state index is 5.83. The molecular formula is C17H25NO2. The number of hydrogen-bond acceptors (Lipinski definition) is 3. The fraction of sp³-hybridized carbons (Fsp3) is 0.647. The summed E-state index contributed by atoms with van der Waals surface area (Å²) in [5.74, 6) is 1.69. The highest BCUT2D eigenvalue weighted by molar-refractivity contribution is 5.30. The van der Waals surface area contributed by atoms with Gasteiger partial charge < -0.3 is 14.8 Å². The van der Waals surface area contributed by atoms with Crippen molar-refractivity contribution in [3.63, 3.8) is 0 Å². The van der Waals surface area contributed by atoms with E-state index in [2.05, 4.69) is 36.5 Å². The highest BCUT2D eigenvalue weighted by Crippen LogP contribution is 2.32. The summed E-state index contributed by atoms with van der Waals surface area (Å²) in [5.41, 5.74) is 1.38. The van der Waals surface area contributed by atoms with E-state index >= 15 is 0 Å². The standard InChI is InChI=1S/C17H25NO2/c1-2-18-17(14-9-11-19-12-10-14)13-3-5-15(6-4-13)20-16-7-8-16/h3-6,14,16-18H,2,7-12H2,1H3. The molecule has 3 nitrogen and oxygen atoms in total. The molecule has 1 aliphatic heterocycles. The molecule has 2 aliphatic rings. The Hall–Kier alpha value is -1.06. The van der Waals surface area contributed by atoms with Gasteiger partial charge in [0.25, 0.3) is 0 Å². The Morgan fingerprint density at radius 3 is 2.45 bits per heavy atom. The molecule has 1 aliphatic carbocycles. The van der Waals surface area contributed by atoms with Gasteiger partial charge in [-0.3, -0.25) is 0 Å². The van der Waals surface area contributed by atoms with Crippen LogP contribution in [0.15, 0.2) is 24.3 Å². The van der Waals surface area contributed by atoms with Crippen molar-refractivity contribution in [1.82, 2.24) is 5.32 Å². The lowest BCUT2D eigenvalue weighted by Crippen LogP contribution is -2.32. The summed E-state index contributed by atoms with van der Waals surface area (Å²) in [6, 6.07) is 9.13. The minimum Gasteiger partial charge on any atom is -0.490 e. The lowest BCUT2D eigenvalue weighted by molar-refractivity contribution is 0.0538. The van der Waals surface area contributed by atoms with Crippen LogP contribution in [0.1, 0.15) is 44.2 Å². The minimum atomic E-state index is 0.443. The van der Waals surface area contributed by atoms with E-state index in [9.17, 15) is 0 Å². The fourth-order valence-corrected chi connectivity index (χ4v) is 2.96. The molecule has 1 aromatic rings. The molecule has 0 radical (unpaired) electrons. The second kappa shape index (κ2) is 6.59. The molecule has 110 valence electrons. The van der Waals surface area contributed by atoms with E-state index in [1.807, 2.05) is 0 Å². The normalized spacial score (nSPS) is 21.6. The van der Waals surface area contributed by atoms with Gasteiger partial charge in [0.1, 0.15) is 5.75 Å². The molecule has 2 fully saturated rings. The number of hydrogen-bond donors (Lipinski definition) is 1. The Morgan fingerprint density at radius 2 is 1.85 bits per heavy atom. The maximum atomic E-state index is 5.83. The second-order valence-corrected chi connectivity index (χ2v) is 5.87. The van der Waals surface area contributed by atoms with Crippen LogP contribution in [0.2, 0.25) is 0 Å². The Morgan fingerprint density at radius 1 is 1.15 bits per heavy atom. The van der Waals surface area contributed by atoms with Gasteiger partial charge in [0.2, 0.25) is 0 Å². The highest BCUT2D eigenvalue weighted by atomic mass is 16.5. The van der Waals surface area contributed by atoms with Gasteiger partial charge >= 0.3 is 0 Å². The minimum absolute atomic E-state index is 0.443. The first-order valence-electron chi connectivity index (χ1n) is 7.94. The first-order valence-corrected chi connectivity index (χ1v) is 7.94. The topological polar surface area (TPSA) is 30.5 Å². The zero-order valence-corrected chi connectivity index (χ0v) is 12.3. The van der Waals surface area contributed by atoms with Gasteiger partial charge in [0.15, 0.2) is 0 Å². The van der Waals surface area contributed by atoms with Crippen LogP contribution in [0.4, 0.5) is 0 Å². The summed E-state index contributed by atoms with van der Waals surface area (Å²) in [7, 11) is 0. The third kappa shape index (κ3) is 3.53. The van der Waals surface area contributed by atoms with Crippen LogP contribution >= 0.6 is 0 Å². The number of rotatable bonds is 6. The average Bonchev–Trinajstić information content (AvgIpc) is 3.31. The molecule has 1 atom stereocenters. The van der Waals surface area contributed by atoms with Crippen LogP contribution in [0.25, 0.3) is 0 Å². The van der Waals surface area contributed by atoms with Gasteiger partial charge in [-0.05, 0) is 55.8 Å². The fourth-order valence-electron chi connectivity index (χ4n) is 2.96. The van der Waals surface area contributed by atoms with Gasteiger partial charge in [-0.15, -0.1) is 0 Å². The average molecular weight is 275 g/mol. The lowest BCUT2D eigenvalue weighted by Gasteiger charge is -2.31. The van der Waals surface area contributed by atoms with Gasteiger partial charge in [0, 0.05) is 19.3 Å². The predicted octanol–water partition coefficient (Wildman–Crippen LogP) is 3.31. The zero-order chi connectivity index (χ0) is 13.8. The summed E-state index contributed by atoms with van der Waals surface area (Å²) in [6.45, 7) is 4.98. The van der Waals surface area contributed by atoms with E-state index in [0.29, 0.717) is 18.1 Å². The number of ether oxygens (including phenoxy) is 2. The summed E-state index contributed by atoms with van der Waals surface area (Å²) in [6.07, 6.45) is 5.20. The van der Waals surface area contributed by atoms with Crippen LogP contribution < -0.4 is 10.1 Å². The lowest BCUT2D eigenvalue weighted by atomic mass is 9.87. The molecule has 1 heterocycles. The van der Waals surface area contributed by atoms with E-state index in [1.54, 1.807) is 0 Å². The predicted molar refractivity (Wildman–Crippen MR) is 80.1 cm³/mol.